The Labute approximate surface area is 134 Å². The van der Waals surface area contributed by atoms with E-state index in [1.165, 1.54) is 13.2 Å². The lowest BCUT2D eigenvalue weighted by Gasteiger charge is -2.10. The Morgan fingerprint density at radius 1 is 1.22 bits per heavy atom. The average molecular weight is 317 g/mol. The van der Waals surface area contributed by atoms with E-state index in [4.69, 9.17) is 9.47 Å². The SMILES string of the molecule is CCC(O)c1ccc(OCc2ccc(OC)c([N+](=O)[O-])c2)cc1. The van der Waals surface area contributed by atoms with Crippen LogP contribution in [0.2, 0.25) is 0 Å². The zero-order chi connectivity index (χ0) is 16.8. The zero-order valence-electron chi connectivity index (χ0n) is 13.1. The summed E-state index contributed by atoms with van der Waals surface area (Å²) in [5.41, 5.74) is 1.42. The lowest BCUT2D eigenvalue weighted by Crippen LogP contribution is -1.99. The molecule has 6 heteroatoms. The summed E-state index contributed by atoms with van der Waals surface area (Å²) in [5.74, 6) is 0.854. The maximum Gasteiger partial charge on any atom is 0.311 e. The molecule has 6 nitrogen and oxygen atoms in total. The van der Waals surface area contributed by atoms with Crippen LogP contribution < -0.4 is 9.47 Å². The van der Waals surface area contributed by atoms with Crippen molar-refractivity contribution in [2.75, 3.05) is 7.11 Å². The summed E-state index contributed by atoms with van der Waals surface area (Å²) in [5, 5.41) is 20.7. The van der Waals surface area contributed by atoms with E-state index in [2.05, 4.69) is 0 Å². The van der Waals surface area contributed by atoms with Crippen molar-refractivity contribution in [2.24, 2.45) is 0 Å². The fraction of sp³-hybridized carbons (Fsp3) is 0.294. The number of aliphatic hydroxyl groups is 1. The molecule has 0 aromatic heterocycles. The number of rotatable bonds is 7. The van der Waals surface area contributed by atoms with Gasteiger partial charge in [-0.15, -0.1) is 0 Å². The third-order valence-corrected chi connectivity index (χ3v) is 3.50. The van der Waals surface area contributed by atoms with E-state index in [1.54, 1.807) is 36.4 Å². The Morgan fingerprint density at radius 2 is 1.91 bits per heavy atom. The fourth-order valence-electron chi connectivity index (χ4n) is 2.16. The molecule has 0 amide bonds. The predicted molar refractivity (Wildman–Crippen MR) is 85.7 cm³/mol. The number of aliphatic hydroxyl groups excluding tert-OH is 1. The van der Waals surface area contributed by atoms with Gasteiger partial charge in [-0.3, -0.25) is 10.1 Å². The Morgan fingerprint density at radius 3 is 2.48 bits per heavy atom. The smallest absolute Gasteiger partial charge is 0.311 e. The number of nitrogens with zero attached hydrogens (tertiary/aromatic N) is 1. The first-order valence-corrected chi connectivity index (χ1v) is 7.27. The molecule has 0 bridgehead atoms. The van der Waals surface area contributed by atoms with Crippen molar-refractivity contribution in [1.29, 1.82) is 0 Å². The van der Waals surface area contributed by atoms with Gasteiger partial charge in [-0.25, -0.2) is 0 Å². The van der Waals surface area contributed by atoms with Crippen molar-refractivity contribution in [3.8, 4) is 11.5 Å². The van der Waals surface area contributed by atoms with E-state index in [9.17, 15) is 15.2 Å². The van der Waals surface area contributed by atoms with Crippen LogP contribution in [0.4, 0.5) is 5.69 Å². The molecule has 1 unspecified atom stereocenters. The van der Waals surface area contributed by atoms with Gasteiger partial charge in [0, 0.05) is 6.07 Å². The number of methoxy groups -OCH3 is 1. The van der Waals surface area contributed by atoms with Crippen molar-refractivity contribution in [2.45, 2.75) is 26.1 Å². The summed E-state index contributed by atoms with van der Waals surface area (Å²) in [6, 6.07) is 11.9. The third kappa shape index (κ3) is 4.20. The number of hydrogen-bond acceptors (Lipinski definition) is 5. The summed E-state index contributed by atoms with van der Waals surface area (Å²) in [4.78, 5) is 10.5. The Hall–Kier alpha value is -2.60. The molecule has 122 valence electrons. The largest absolute Gasteiger partial charge is 0.490 e. The standard InChI is InChI=1S/C17H19NO5/c1-3-16(19)13-5-7-14(8-6-13)23-11-12-4-9-17(22-2)15(10-12)18(20)21/h4-10,16,19H,3,11H2,1-2H3. The second-order valence-electron chi connectivity index (χ2n) is 5.05. The highest BCUT2D eigenvalue weighted by atomic mass is 16.6. The van der Waals surface area contributed by atoms with Crippen molar-refractivity contribution < 1.29 is 19.5 Å². The summed E-state index contributed by atoms with van der Waals surface area (Å²) >= 11 is 0. The highest BCUT2D eigenvalue weighted by Gasteiger charge is 2.15. The third-order valence-electron chi connectivity index (χ3n) is 3.50. The van der Waals surface area contributed by atoms with Gasteiger partial charge < -0.3 is 14.6 Å². The highest BCUT2D eigenvalue weighted by Crippen LogP contribution is 2.28. The molecule has 0 saturated heterocycles. The van der Waals surface area contributed by atoms with Gasteiger partial charge in [0.05, 0.1) is 18.1 Å². The minimum atomic E-state index is -0.483. The van der Waals surface area contributed by atoms with Crippen LogP contribution in [0.15, 0.2) is 42.5 Å². The molecule has 0 fully saturated rings. The molecule has 0 heterocycles. The van der Waals surface area contributed by atoms with Crippen LogP contribution in [0.3, 0.4) is 0 Å². The minimum absolute atomic E-state index is 0.0879. The van der Waals surface area contributed by atoms with Gasteiger partial charge in [0.1, 0.15) is 12.4 Å². The molecule has 1 atom stereocenters. The van der Waals surface area contributed by atoms with Crippen LogP contribution >= 0.6 is 0 Å². The van der Waals surface area contributed by atoms with Crippen molar-refractivity contribution in [3.63, 3.8) is 0 Å². The maximum absolute atomic E-state index is 11.0. The Balaban J connectivity index is 2.06. The number of nitro groups is 1. The molecule has 2 aromatic rings. The molecular formula is C17H19NO5. The van der Waals surface area contributed by atoms with Crippen LogP contribution in [-0.4, -0.2) is 17.1 Å². The van der Waals surface area contributed by atoms with Crippen molar-refractivity contribution >= 4 is 5.69 Å². The van der Waals surface area contributed by atoms with Gasteiger partial charge in [0.15, 0.2) is 5.75 Å². The first-order valence-electron chi connectivity index (χ1n) is 7.27. The molecule has 1 N–H and O–H groups in total. The molecule has 0 aliphatic heterocycles. The molecule has 2 aromatic carbocycles. The van der Waals surface area contributed by atoms with Crippen LogP contribution in [0.1, 0.15) is 30.6 Å². The Bertz CT molecular complexity index is 669. The number of hydrogen-bond donors (Lipinski definition) is 1. The van der Waals surface area contributed by atoms with E-state index in [1.807, 2.05) is 6.92 Å². The summed E-state index contributed by atoms with van der Waals surface area (Å²) in [6.45, 7) is 2.12. The van der Waals surface area contributed by atoms with Gasteiger partial charge in [0.2, 0.25) is 0 Å². The molecular weight excluding hydrogens is 298 g/mol. The van der Waals surface area contributed by atoms with Crippen molar-refractivity contribution in [1.82, 2.24) is 0 Å². The second-order valence-corrected chi connectivity index (χ2v) is 5.05. The molecule has 0 aliphatic rings. The average Bonchev–Trinajstić information content (AvgIpc) is 2.59. The van der Waals surface area contributed by atoms with E-state index in [0.29, 0.717) is 17.7 Å². The van der Waals surface area contributed by atoms with Crippen LogP contribution in [0.5, 0.6) is 11.5 Å². The van der Waals surface area contributed by atoms with Crippen molar-refractivity contribution in [3.05, 3.63) is 63.7 Å². The molecule has 0 radical (unpaired) electrons. The lowest BCUT2D eigenvalue weighted by atomic mass is 10.1. The van der Waals surface area contributed by atoms with Gasteiger partial charge in [0.25, 0.3) is 0 Å². The van der Waals surface area contributed by atoms with Crippen LogP contribution in [0.25, 0.3) is 0 Å². The van der Waals surface area contributed by atoms with E-state index in [0.717, 1.165) is 5.56 Å². The minimum Gasteiger partial charge on any atom is -0.490 e. The Kier molecular flexibility index (Phi) is 5.54. The molecule has 23 heavy (non-hydrogen) atoms. The number of nitro benzene ring substituents is 1. The maximum atomic E-state index is 11.0. The van der Waals surface area contributed by atoms with Crippen LogP contribution in [-0.2, 0) is 6.61 Å². The second kappa shape index (κ2) is 7.60. The number of ether oxygens (including phenoxy) is 2. The predicted octanol–water partition coefficient (Wildman–Crippen LogP) is 3.63. The topological polar surface area (TPSA) is 81.8 Å². The van der Waals surface area contributed by atoms with Crippen LogP contribution in [0, 0.1) is 10.1 Å². The zero-order valence-corrected chi connectivity index (χ0v) is 13.1. The number of benzene rings is 2. The molecule has 0 spiro atoms. The lowest BCUT2D eigenvalue weighted by molar-refractivity contribution is -0.385. The van der Waals surface area contributed by atoms with E-state index in [-0.39, 0.29) is 18.0 Å². The van der Waals surface area contributed by atoms with Gasteiger partial charge in [-0.1, -0.05) is 25.1 Å². The van der Waals surface area contributed by atoms with E-state index < -0.39 is 11.0 Å². The summed E-state index contributed by atoms with van der Waals surface area (Å²) in [7, 11) is 1.39. The fourth-order valence-corrected chi connectivity index (χ4v) is 2.16. The highest BCUT2D eigenvalue weighted by molar-refractivity contribution is 5.48. The summed E-state index contributed by atoms with van der Waals surface area (Å²) < 4.78 is 10.6. The first kappa shape index (κ1) is 16.8. The van der Waals surface area contributed by atoms with Gasteiger partial charge in [-0.2, -0.15) is 0 Å². The quantitative estimate of drug-likeness (QED) is 0.623. The van der Waals surface area contributed by atoms with Gasteiger partial charge in [-0.05, 0) is 35.7 Å². The van der Waals surface area contributed by atoms with E-state index >= 15 is 0 Å². The normalized spacial score (nSPS) is 11.8. The summed E-state index contributed by atoms with van der Waals surface area (Å²) in [6.07, 6.45) is 0.170. The monoisotopic (exact) mass is 317 g/mol. The molecule has 2 rings (SSSR count). The van der Waals surface area contributed by atoms with Gasteiger partial charge >= 0.3 is 5.69 Å². The first-order chi connectivity index (χ1) is 11.0. The molecule has 0 aliphatic carbocycles. The molecule has 0 saturated carbocycles.